The third-order valence-corrected chi connectivity index (χ3v) is 4.16. The van der Waals surface area contributed by atoms with E-state index in [-0.39, 0.29) is 19.0 Å². The molecule has 0 aliphatic heterocycles. The Bertz CT molecular complexity index is 974. The van der Waals surface area contributed by atoms with Crippen molar-refractivity contribution in [2.45, 2.75) is 0 Å². The molecule has 0 spiro atoms. The van der Waals surface area contributed by atoms with Crippen LogP contribution in [0.15, 0.2) is 32.3 Å². The Balaban J connectivity index is 2.47. The molecule has 10 nitrogen and oxygen atoms in total. The number of halogens is 2. The van der Waals surface area contributed by atoms with E-state index >= 15 is 0 Å². The zero-order valence-corrected chi connectivity index (χ0v) is 16.6. The van der Waals surface area contributed by atoms with Gasteiger partial charge >= 0.3 is 17.3 Å². The normalized spacial score (nSPS) is 10.6. The first kappa shape index (κ1) is 21.0. The minimum absolute atomic E-state index is 0.0790. The van der Waals surface area contributed by atoms with Crippen LogP contribution in [0, 0.1) is 0 Å². The molecule has 146 valence electrons. The first-order valence-corrected chi connectivity index (χ1v) is 8.66. The number of ether oxygens (including phenoxy) is 1. The number of carbonyl (C=O) groups is 1. The number of carbonyl (C=O) groups excluding carboxylic acids is 1. The van der Waals surface area contributed by atoms with Crippen molar-refractivity contribution in [1.29, 1.82) is 0 Å². The van der Waals surface area contributed by atoms with Gasteiger partial charge in [0.25, 0.3) is 0 Å². The zero-order chi connectivity index (χ0) is 20.1. The summed E-state index contributed by atoms with van der Waals surface area (Å²) in [5, 5.41) is 11.8. The molecule has 1 aromatic carbocycles. The Labute approximate surface area is 166 Å². The van der Waals surface area contributed by atoms with Crippen molar-refractivity contribution in [3.63, 3.8) is 0 Å². The van der Waals surface area contributed by atoms with Crippen molar-refractivity contribution < 1.29 is 19.5 Å². The van der Waals surface area contributed by atoms with Crippen LogP contribution < -0.4 is 26.8 Å². The molecule has 0 aliphatic carbocycles. The summed E-state index contributed by atoms with van der Waals surface area (Å²) in [6, 6.07) is 4.92. The number of benzene rings is 1. The molecule has 0 aliphatic rings. The van der Waals surface area contributed by atoms with Crippen LogP contribution in [0.25, 0.3) is 0 Å². The largest absolute Gasteiger partial charge is 0.437 e. The van der Waals surface area contributed by atoms with Gasteiger partial charge in [-0.1, -0.05) is 27.5 Å². The van der Waals surface area contributed by atoms with Gasteiger partial charge in [0.1, 0.15) is 0 Å². The SMILES string of the molecule is Cn1c(Nc2ccc(Br)cc2Cl)c(OC(=O)NOCCO)c(=O)n(C)c1=O. The number of aliphatic hydroxyl groups is 1. The summed E-state index contributed by atoms with van der Waals surface area (Å²) >= 11 is 9.43. The average Bonchev–Trinajstić information content (AvgIpc) is 2.63. The Morgan fingerprint density at radius 2 is 2.00 bits per heavy atom. The Morgan fingerprint density at radius 3 is 2.63 bits per heavy atom. The number of nitrogens with zero attached hydrogens (tertiary/aromatic N) is 2. The molecule has 12 heteroatoms. The topological polar surface area (TPSA) is 124 Å². The maximum Gasteiger partial charge on any atom is 0.437 e. The molecule has 0 atom stereocenters. The van der Waals surface area contributed by atoms with Crippen LogP contribution in [0.3, 0.4) is 0 Å². The number of anilines is 2. The van der Waals surface area contributed by atoms with E-state index in [1.54, 1.807) is 18.2 Å². The second-order valence-electron chi connectivity index (χ2n) is 5.20. The predicted octanol–water partition coefficient (Wildman–Crippen LogP) is 1.26. The number of hydrogen-bond donors (Lipinski definition) is 3. The number of aliphatic hydroxyl groups excluding tert-OH is 1. The van der Waals surface area contributed by atoms with Crippen LogP contribution >= 0.6 is 27.5 Å². The van der Waals surface area contributed by atoms with Gasteiger partial charge in [0.15, 0.2) is 5.82 Å². The van der Waals surface area contributed by atoms with Crippen molar-refractivity contribution in [3.05, 3.63) is 48.5 Å². The summed E-state index contributed by atoms with van der Waals surface area (Å²) in [6.07, 6.45) is -1.11. The fourth-order valence-corrected chi connectivity index (χ4v) is 2.75. The van der Waals surface area contributed by atoms with E-state index in [9.17, 15) is 14.4 Å². The third kappa shape index (κ3) is 4.89. The number of hydrogen-bond acceptors (Lipinski definition) is 7. The van der Waals surface area contributed by atoms with E-state index in [0.717, 1.165) is 13.6 Å². The summed E-state index contributed by atoms with van der Waals surface area (Å²) in [7, 11) is 2.64. The smallest absolute Gasteiger partial charge is 0.399 e. The molecule has 3 N–H and O–H groups in total. The van der Waals surface area contributed by atoms with E-state index < -0.39 is 23.1 Å². The van der Waals surface area contributed by atoms with Crippen molar-refractivity contribution >= 4 is 45.1 Å². The molecule has 0 saturated heterocycles. The number of rotatable bonds is 6. The number of nitrogens with one attached hydrogen (secondary N) is 2. The van der Waals surface area contributed by atoms with E-state index in [0.29, 0.717) is 10.7 Å². The summed E-state index contributed by atoms with van der Waals surface area (Å²) in [6.45, 7) is -0.489. The van der Waals surface area contributed by atoms with Crippen molar-refractivity contribution in [3.8, 4) is 5.75 Å². The molecule has 0 unspecified atom stereocenters. The molecule has 0 bridgehead atoms. The maximum atomic E-state index is 12.4. The second kappa shape index (κ2) is 9.04. The van der Waals surface area contributed by atoms with Gasteiger partial charge in [-0.05, 0) is 18.2 Å². The van der Waals surface area contributed by atoms with Gasteiger partial charge in [-0.15, -0.1) is 0 Å². The van der Waals surface area contributed by atoms with E-state index in [1.807, 2.05) is 5.48 Å². The van der Waals surface area contributed by atoms with Crippen LogP contribution in [-0.4, -0.2) is 33.5 Å². The minimum atomic E-state index is -1.11. The van der Waals surface area contributed by atoms with E-state index in [2.05, 4.69) is 26.1 Å². The van der Waals surface area contributed by atoms with E-state index in [4.69, 9.17) is 21.4 Å². The molecule has 2 aromatic rings. The molecule has 27 heavy (non-hydrogen) atoms. The van der Waals surface area contributed by atoms with Crippen molar-refractivity contribution in [1.82, 2.24) is 14.6 Å². The van der Waals surface area contributed by atoms with Gasteiger partial charge in [-0.3, -0.25) is 18.8 Å². The summed E-state index contributed by atoms with van der Waals surface area (Å²) in [5.74, 6) is -0.520. The maximum absolute atomic E-state index is 12.4. The minimum Gasteiger partial charge on any atom is -0.399 e. The molecule has 0 fully saturated rings. The molecule has 2 rings (SSSR count). The lowest BCUT2D eigenvalue weighted by atomic mass is 10.3. The monoisotopic (exact) mass is 462 g/mol. The lowest BCUT2D eigenvalue weighted by Gasteiger charge is -2.17. The van der Waals surface area contributed by atoms with Crippen LogP contribution in [0.5, 0.6) is 5.75 Å². The van der Waals surface area contributed by atoms with Gasteiger partial charge < -0.3 is 15.2 Å². The van der Waals surface area contributed by atoms with E-state index in [1.165, 1.54) is 14.1 Å². The standard InChI is InChI=1S/C15H16BrClN4O6/c1-20-12(18-10-4-3-8(16)7-9(10)17)11(13(23)21(2)15(20)25)27-14(24)19-26-6-5-22/h3-4,7,18,22H,5-6H2,1-2H3,(H,19,24). The highest BCUT2D eigenvalue weighted by Gasteiger charge is 2.21. The lowest BCUT2D eigenvalue weighted by Crippen LogP contribution is -2.40. The van der Waals surface area contributed by atoms with Gasteiger partial charge in [0.05, 0.1) is 23.9 Å². The Hall–Kier alpha value is -2.34. The van der Waals surface area contributed by atoms with Crippen LogP contribution in [0.1, 0.15) is 0 Å². The highest BCUT2D eigenvalue weighted by molar-refractivity contribution is 9.10. The van der Waals surface area contributed by atoms with Gasteiger partial charge in [0.2, 0.25) is 5.75 Å². The van der Waals surface area contributed by atoms with Crippen molar-refractivity contribution in [2.24, 2.45) is 14.1 Å². The van der Waals surface area contributed by atoms with Crippen LogP contribution in [0.4, 0.5) is 16.3 Å². The summed E-state index contributed by atoms with van der Waals surface area (Å²) in [5.41, 5.74) is 0.805. The Morgan fingerprint density at radius 1 is 1.30 bits per heavy atom. The fourth-order valence-electron chi connectivity index (χ4n) is 2.03. The van der Waals surface area contributed by atoms with Crippen molar-refractivity contribution in [2.75, 3.05) is 18.5 Å². The average molecular weight is 464 g/mol. The molecule has 1 heterocycles. The first-order chi connectivity index (χ1) is 12.8. The highest BCUT2D eigenvalue weighted by atomic mass is 79.9. The number of hydroxylamine groups is 1. The quantitative estimate of drug-likeness (QED) is 0.435. The van der Waals surface area contributed by atoms with Gasteiger partial charge in [-0.25, -0.2) is 9.59 Å². The van der Waals surface area contributed by atoms with Crippen LogP contribution in [-0.2, 0) is 18.9 Å². The number of aromatic nitrogens is 2. The summed E-state index contributed by atoms with van der Waals surface area (Å²) < 4.78 is 7.62. The molecule has 0 saturated carbocycles. The molecule has 1 amide bonds. The Kier molecular flexibility index (Phi) is 7.02. The number of amides is 1. The van der Waals surface area contributed by atoms with Crippen LogP contribution in [0.2, 0.25) is 5.02 Å². The summed E-state index contributed by atoms with van der Waals surface area (Å²) in [4.78, 5) is 41.1. The third-order valence-electron chi connectivity index (χ3n) is 3.35. The first-order valence-electron chi connectivity index (χ1n) is 7.48. The zero-order valence-electron chi connectivity index (χ0n) is 14.3. The molecular formula is C15H16BrClN4O6. The van der Waals surface area contributed by atoms with Gasteiger partial charge in [0, 0.05) is 18.6 Å². The molecule has 0 radical (unpaired) electrons. The molecule has 1 aromatic heterocycles. The highest BCUT2D eigenvalue weighted by Crippen LogP contribution is 2.30. The lowest BCUT2D eigenvalue weighted by molar-refractivity contribution is 0.0244. The van der Waals surface area contributed by atoms with Gasteiger partial charge in [-0.2, -0.15) is 5.48 Å². The molecular weight excluding hydrogens is 448 g/mol. The second-order valence-corrected chi connectivity index (χ2v) is 6.52. The fraction of sp³-hybridized carbons (Fsp3) is 0.267. The predicted molar refractivity (Wildman–Crippen MR) is 102 cm³/mol.